The lowest BCUT2D eigenvalue weighted by Crippen LogP contribution is -2.49. The van der Waals surface area contributed by atoms with Gasteiger partial charge in [-0.15, -0.1) is 10.2 Å². The Balaban J connectivity index is 1.40. The predicted octanol–water partition coefficient (Wildman–Crippen LogP) is 2.04. The molecule has 1 saturated heterocycles. The van der Waals surface area contributed by atoms with Gasteiger partial charge in [-0.2, -0.15) is 4.31 Å². The standard InChI is InChI=1S/C19H23N7O3S/c1-13-5-4-6-16(20-13)21-17-7-8-18(23-22-17)25-9-11-26(12-10-25)30(27,28)19-14(2)24-29-15(19)3/h4-8H,9-12H2,1-3H3,(H,20,21,22). The highest BCUT2D eigenvalue weighted by atomic mass is 32.2. The van der Waals surface area contributed by atoms with Crippen molar-refractivity contribution in [3.05, 3.63) is 47.5 Å². The lowest BCUT2D eigenvalue weighted by Gasteiger charge is -2.34. The Morgan fingerprint density at radius 3 is 2.33 bits per heavy atom. The minimum absolute atomic E-state index is 0.163. The number of hydrogen-bond acceptors (Lipinski definition) is 9. The van der Waals surface area contributed by atoms with Crippen molar-refractivity contribution >= 4 is 27.5 Å². The topological polar surface area (TPSA) is 117 Å². The summed E-state index contributed by atoms with van der Waals surface area (Å²) >= 11 is 0. The molecule has 0 spiro atoms. The Hall–Kier alpha value is -3.05. The Morgan fingerprint density at radius 2 is 1.73 bits per heavy atom. The summed E-state index contributed by atoms with van der Waals surface area (Å²) in [6, 6.07) is 9.40. The van der Waals surface area contributed by atoms with E-state index in [1.807, 2.05) is 42.2 Å². The van der Waals surface area contributed by atoms with E-state index in [-0.39, 0.29) is 4.90 Å². The summed E-state index contributed by atoms with van der Waals surface area (Å²) in [6.07, 6.45) is 0. The predicted molar refractivity (Wildman–Crippen MR) is 111 cm³/mol. The molecule has 11 heteroatoms. The van der Waals surface area contributed by atoms with Crippen LogP contribution in [-0.2, 0) is 10.0 Å². The largest absolute Gasteiger partial charge is 0.360 e. The summed E-state index contributed by atoms with van der Waals surface area (Å²) in [5.41, 5.74) is 1.29. The first kappa shape index (κ1) is 20.2. The summed E-state index contributed by atoms with van der Waals surface area (Å²) in [7, 11) is -3.63. The number of nitrogens with one attached hydrogen (secondary N) is 1. The van der Waals surface area contributed by atoms with Crippen LogP contribution in [0.15, 0.2) is 39.8 Å². The van der Waals surface area contributed by atoms with Gasteiger partial charge in [0.15, 0.2) is 17.4 Å². The highest BCUT2D eigenvalue weighted by molar-refractivity contribution is 7.89. The van der Waals surface area contributed by atoms with E-state index in [2.05, 4.69) is 25.7 Å². The summed E-state index contributed by atoms with van der Waals surface area (Å²) in [5.74, 6) is 2.31. The molecule has 0 atom stereocenters. The van der Waals surface area contributed by atoms with Crippen LogP contribution < -0.4 is 10.2 Å². The number of hydrogen-bond donors (Lipinski definition) is 1. The number of aromatic nitrogens is 4. The van der Waals surface area contributed by atoms with Gasteiger partial charge in [0, 0.05) is 31.9 Å². The van der Waals surface area contributed by atoms with E-state index < -0.39 is 10.0 Å². The molecule has 3 aromatic rings. The van der Waals surface area contributed by atoms with Gasteiger partial charge in [-0.25, -0.2) is 13.4 Å². The van der Waals surface area contributed by atoms with Crippen LogP contribution in [0.25, 0.3) is 0 Å². The van der Waals surface area contributed by atoms with E-state index in [4.69, 9.17) is 4.52 Å². The lowest BCUT2D eigenvalue weighted by atomic mass is 10.3. The van der Waals surface area contributed by atoms with E-state index in [0.29, 0.717) is 55.1 Å². The lowest BCUT2D eigenvalue weighted by molar-refractivity contribution is 0.377. The fourth-order valence-corrected chi connectivity index (χ4v) is 5.15. The number of sulfonamides is 1. The molecule has 3 aromatic heterocycles. The van der Waals surface area contributed by atoms with Crippen LogP contribution in [-0.4, -0.2) is 59.2 Å². The van der Waals surface area contributed by atoms with Crippen molar-refractivity contribution in [2.75, 3.05) is 36.4 Å². The first-order chi connectivity index (χ1) is 14.3. The molecule has 0 saturated carbocycles. The smallest absolute Gasteiger partial charge is 0.248 e. The van der Waals surface area contributed by atoms with Crippen molar-refractivity contribution < 1.29 is 12.9 Å². The van der Waals surface area contributed by atoms with E-state index in [0.717, 1.165) is 5.69 Å². The Labute approximate surface area is 175 Å². The van der Waals surface area contributed by atoms with Gasteiger partial charge in [0.25, 0.3) is 0 Å². The summed E-state index contributed by atoms with van der Waals surface area (Å²) < 4.78 is 32.4. The molecule has 30 heavy (non-hydrogen) atoms. The zero-order valence-electron chi connectivity index (χ0n) is 17.0. The average molecular weight is 430 g/mol. The third-order valence-corrected chi connectivity index (χ3v) is 7.07. The fourth-order valence-electron chi connectivity index (χ4n) is 3.43. The second-order valence-corrected chi connectivity index (χ2v) is 8.99. The van der Waals surface area contributed by atoms with Crippen molar-refractivity contribution in [1.29, 1.82) is 0 Å². The van der Waals surface area contributed by atoms with Crippen LogP contribution in [0.4, 0.5) is 17.5 Å². The SMILES string of the molecule is Cc1cccc(Nc2ccc(N3CCN(S(=O)(=O)c4c(C)noc4C)CC3)nn2)n1. The van der Waals surface area contributed by atoms with Crippen LogP contribution in [0.3, 0.4) is 0 Å². The molecule has 0 bridgehead atoms. The molecule has 1 aliphatic heterocycles. The number of anilines is 3. The van der Waals surface area contributed by atoms with E-state index in [9.17, 15) is 8.42 Å². The molecule has 0 radical (unpaired) electrons. The van der Waals surface area contributed by atoms with Crippen LogP contribution in [0.2, 0.25) is 0 Å². The first-order valence-corrected chi connectivity index (χ1v) is 11.0. The molecular formula is C19H23N7O3S. The minimum atomic E-state index is -3.63. The van der Waals surface area contributed by atoms with Gasteiger partial charge in [0.05, 0.1) is 0 Å². The molecule has 4 rings (SSSR count). The Morgan fingerprint density at radius 1 is 0.967 bits per heavy atom. The van der Waals surface area contributed by atoms with Crippen LogP contribution >= 0.6 is 0 Å². The zero-order valence-corrected chi connectivity index (χ0v) is 17.8. The molecule has 1 aliphatic rings. The zero-order chi connectivity index (χ0) is 21.3. The minimum Gasteiger partial charge on any atom is -0.360 e. The normalized spacial score (nSPS) is 15.4. The summed E-state index contributed by atoms with van der Waals surface area (Å²) in [5, 5.41) is 15.4. The van der Waals surface area contributed by atoms with Crippen LogP contribution in [0.5, 0.6) is 0 Å². The second-order valence-electron chi connectivity index (χ2n) is 7.11. The molecule has 0 aliphatic carbocycles. The molecule has 0 aromatic carbocycles. The van der Waals surface area contributed by atoms with Crippen molar-refractivity contribution in [3.63, 3.8) is 0 Å². The molecule has 1 fully saturated rings. The van der Waals surface area contributed by atoms with Crippen molar-refractivity contribution in [2.45, 2.75) is 25.7 Å². The van der Waals surface area contributed by atoms with Gasteiger partial charge in [-0.3, -0.25) is 0 Å². The molecule has 10 nitrogen and oxygen atoms in total. The summed E-state index contributed by atoms with van der Waals surface area (Å²) in [4.78, 5) is 6.56. The number of piperazine rings is 1. The Kier molecular flexibility index (Phi) is 5.39. The molecular weight excluding hydrogens is 406 g/mol. The highest BCUT2D eigenvalue weighted by Gasteiger charge is 2.33. The maximum atomic E-state index is 12.9. The van der Waals surface area contributed by atoms with Crippen molar-refractivity contribution in [3.8, 4) is 0 Å². The number of pyridine rings is 1. The fraction of sp³-hybridized carbons (Fsp3) is 0.368. The maximum Gasteiger partial charge on any atom is 0.248 e. The molecule has 1 N–H and O–H groups in total. The van der Waals surface area contributed by atoms with Gasteiger partial charge >= 0.3 is 0 Å². The molecule has 4 heterocycles. The molecule has 0 unspecified atom stereocenters. The average Bonchev–Trinajstić information content (AvgIpc) is 3.07. The third-order valence-electron chi connectivity index (χ3n) is 4.92. The molecule has 0 amide bonds. The number of rotatable bonds is 5. The van der Waals surface area contributed by atoms with Crippen molar-refractivity contribution in [1.82, 2.24) is 24.6 Å². The monoisotopic (exact) mass is 429 g/mol. The van der Waals surface area contributed by atoms with Gasteiger partial charge in [-0.05, 0) is 45.0 Å². The number of aryl methyl sites for hydroxylation is 3. The molecule has 158 valence electrons. The van der Waals surface area contributed by atoms with Crippen molar-refractivity contribution in [2.24, 2.45) is 0 Å². The first-order valence-electron chi connectivity index (χ1n) is 9.57. The second kappa shape index (κ2) is 8.00. The van der Waals surface area contributed by atoms with Crippen LogP contribution in [0.1, 0.15) is 17.1 Å². The van der Waals surface area contributed by atoms with E-state index >= 15 is 0 Å². The van der Waals surface area contributed by atoms with Gasteiger partial charge < -0.3 is 14.7 Å². The van der Waals surface area contributed by atoms with Crippen LogP contribution in [0, 0.1) is 20.8 Å². The maximum absolute atomic E-state index is 12.9. The highest BCUT2D eigenvalue weighted by Crippen LogP contribution is 2.25. The van der Waals surface area contributed by atoms with Gasteiger partial charge in [0.1, 0.15) is 16.4 Å². The quantitative estimate of drug-likeness (QED) is 0.650. The van der Waals surface area contributed by atoms with E-state index in [1.165, 1.54) is 4.31 Å². The van der Waals surface area contributed by atoms with E-state index in [1.54, 1.807) is 13.8 Å². The number of nitrogens with zero attached hydrogens (tertiary/aromatic N) is 6. The third kappa shape index (κ3) is 3.98. The summed E-state index contributed by atoms with van der Waals surface area (Å²) in [6.45, 7) is 6.90. The Bertz CT molecular complexity index is 1120. The van der Waals surface area contributed by atoms with Gasteiger partial charge in [-0.1, -0.05) is 11.2 Å². The van der Waals surface area contributed by atoms with Gasteiger partial charge in [0.2, 0.25) is 10.0 Å².